The number of rotatable bonds is 9. The van der Waals surface area contributed by atoms with Gasteiger partial charge < -0.3 is 7.65 Å². The molecule has 0 atom stereocenters. The van der Waals surface area contributed by atoms with Crippen molar-refractivity contribution in [2.24, 2.45) is 0 Å². The maximum atomic E-state index is 8.00. The summed E-state index contributed by atoms with van der Waals surface area (Å²) >= 11 is 0. The smallest absolute Gasteiger partial charge is 1.00 e. The van der Waals surface area contributed by atoms with Crippen LogP contribution < -0.4 is 47.7 Å². The Kier molecular flexibility index (Phi) is 19.7. The molecule has 0 aliphatic heterocycles. The van der Waals surface area contributed by atoms with Gasteiger partial charge in [0.25, 0.3) is 0 Å². The monoisotopic (exact) mass is 920 g/mol. The second-order valence-corrected chi connectivity index (χ2v) is 19.7. The van der Waals surface area contributed by atoms with Crippen LogP contribution in [0, 0.1) is 0 Å². The van der Waals surface area contributed by atoms with Crippen LogP contribution in [0.3, 0.4) is 0 Å². The number of carbonyl (C=O) groups is 1. The molecule has 0 saturated heterocycles. The van der Waals surface area contributed by atoms with Crippen LogP contribution in [0.25, 0.3) is 0 Å². The van der Waals surface area contributed by atoms with E-state index < -0.39 is 23.8 Å². The molecule has 0 amide bonds. The van der Waals surface area contributed by atoms with Gasteiger partial charge in [-0.2, -0.15) is 0 Å². The topological polar surface area (TPSA) is 17.1 Å². The third-order valence-electron chi connectivity index (χ3n) is 9.13. The van der Waals surface area contributed by atoms with Gasteiger partial charge in [0.05, 0.1) is 0 Å². The van der Waals surface area contributed by atoms with Gasteiger partial charge in [0.1, 0.15) is 6.79 Å². The van der Waals surface area contributed by atoms with Crippen LogP contribution in [0.4, 0.5) is 0 Å². The van der Waals surface area contributed by atoms with Crippen molar-refractivity contribution in [3.8, 4) is 0 Å². The minimum atomic E-state index is -0.446. The predicted molar refractivity (Wildman–Crippen MR) is 265 cm³/mol. The maximum absolute atomic E-state index is 8.00. The fourth-order valence-electron chi connectivity index (χ4n) is 6.54. The molecule has 0 aromatic heterocycles. The molecule has 0 unspecified atom stereocenters. The van der Waals surface area contributed by atoms with Crippen LogP contribution in [0.5, 0.6) is 0 Å². The molecule has 0 N–H and O–H groups in total. The summed E-state index contributed by atoms with van der Waals surface area (Å²) in [6.07, 6.45) is 0. The molecule has 298 valence electrons. The first-order chi connectivity index (χ1) is 29.3. The van der Waals surface area contributed by atoms with E-state index >= 15 is 0 Å². The Morgan fingerprint density at radius 2 is 0.283 bits per heavy atom. The number of hydrogen-bond donors (Lipinski definition) is 0. The normalized spacial score (nSPS) is 10.1. The molecule has 9 rings (SSSR count). The van der Waals surface area contributed by atoms with E-state index in [2.05, 4.69) is 273 Å². The first kappa shape index (κ1) is 45.6. The van der Waals surface area contributed by atoms with E-state index in [-0.39, 0.29) is 22.3 Å². The van der Waals surface area contributed by atoms with E-state index in [4.69, 9.17) is 4.79 Å². The SMILES string of the molecule is C=O.[H-].[H-].[Ru+2].c1ccc(P(c2ccccc2)c2ccccc2)cc1.c1ccc(P(c2ccccc2)c2ccccc2)cc1.c1ccc(P(c2ccccc2)c2ccccc2)cc1. The van der Waals surface area contributed by atoms with Crippen molar-refractivity contribution in [3.05, 3.63) is 273 Å². The van der Waals surface area contributed by atoms with Gasteiger partial charge in [-0.3, -0.25) is 0 Å². The van der Waals surface area contributed by atoms with Gasteiger partial charge in [0.15, 0.2) is 0 Å². The summed E-state index contributed by atoms with van der Waals surface area (Å²) in [4.78, 5) is 8.00. The largest absolute Gasteiger partial charge is 2.00 e. The van der Waals surface area contributed by atoms with Crippen LogP contribution >= 0.6 is 23.8 Å². The Hall–Kier alpha value is -5.44. The van der Waals surface area contributed by atoms with E-state index in [1.54, 1.807) is 0 Å². The standard InChI is InChI=1S/3C18H15P.CH2O.Ru.2H/c3*1-4-10-16(11-5-1)19(17-12-6-2-7-13-17)18-14-8-3-9-15-18;1-2;;;/h3*1-15H;1H2;;;/q;;;;+2;2*-1. The molecule has 0 aliphatic rings. The van der Waals surface area contributed by atoms with Crippen molar-refractivity contribution in [3.63, 3.8) is 0 Å². The molecule has 5 heteroatoms. The third kappa shape index (κ3) is 13.3. The summed E-state index contributed by atoms with van der Waals surface area (Å²) in [5, 5.41) is 12.6. The Morgan fingerprint density at radius 3 is 0.367 bits per heavy atom. The molecular formula is C55H49OP3Ru. The van der Waals surface area contributed by atoms with Gasteiger partial charge >= 0.3 is 19.5 Å². The van der Waals surface area contributed by atoms with Crippen LogP contribution in [-0.4, -0.2) is 6.79 Å². The predicted octanol–water partition coefficient (Wildman–Crippen LogP) is 10.4. The molecule has 0 spiro atoms. The number of hydrogen-bond acceptors (Lipinski definition) is 1. The van der Waals surface area contributed by atoms with Crippen molar-refractivity contribution < 1.29 is 27.1 Å². The summed E-state index contributed by atoms with van der Waals surface area (Å²) in [5.41, 5.74) is 0. The van der Waals surface area contributed by atoms with Crippen molar-refractivity contribution in [1.29, 1.82) is 0 Å². The zero-order chi connectivity index (χ0) is 40.7. The van der Waals surface area contributed by atoms with Crippen LogP contribution in [-0.2, 0) is 24.3 Å². The minimum absolute atomic E-state index is 0. The second kappa shape index (κ2) is 25.9. The number of carbonyl (C=O) groups excluding carboxylic acids is 1. The van der Waals surface area contributed by atoms with E-state index in [0.717, 1.165) is 0 Å². The molecule has 0 heterocycles. The molecule has 0 saturated carbocycles. The summed E-state index contributed by atoms with van der Waals surface area (Å²) in [6, 6.07) is 97.0. The van der Waals surface area contributed by atoms with Gasteiger partial charge in [-0.1, -0.05) is 273 Å². The van der Waals surface area contributed by atoms with Gasteiger partial charge in [-0.05, 0) is 71.5 Å². The Morgan fingerprint density at radius 1 is 0.200 bits per heavy atom. The summed E-state index contributed by atoms with van der Waals surface area (Å²) in [5.74, 6) is 0. The second-order valence-electron chi connectivity index (χ2n) is 13.0. The average Bonchev–Trinajstić information content (AvgIpc) is 3.34. The Balaban J connectivity index is 0.000000237. The van der Waals surface area contributed by atoms with E-state index in [0.29, 0.717) is 0 Å². The van der Waals surface area contributed by atoms with Crippen molar-refractivity contribution >= 4 is 78.3 Å². The molecule has 9 aromatic rings. The van der Waals surface area contributed by atoms with Crippen LogP contribution in [0.15, 0.2) is 273 Å². The zero-order valence-corrected chi connectivity index (χ0v) is 37.7. The van der Waals surface area contributed by atoms with E-state index in [1.807, 2.05) is 6.79 Å². The van der Waals surface area contributed by atoms with Gasteiger partial charge in [-0.25, -0.2) is 0 Å². The Bertz CT molecular complexity index is 1900. The van der Waals surface area contributed by atoms with Crippen molar-refractivity contribution in [2.75, 3.05) is 0 Å². The van der Waals surface area contributed by atoms with E-state index in [9.17, 15) is 0 Å². The summed E-state index contributed by atoms with van der Waals surface area (Å²) in [7, 11) is -1.34. The average molecular weight is 920 g/mol. The molecular weight excluding hydrogens is 871 g/mol. The zero-order valence-electron chi connectivity index (χ0n) is 35.3. The summed E-state index contributed by atoms with van der Waals surface area (Å²) in [6.45, 7) is 2.00. The van der Waals surface area contributed by atoms with Crippen molar-refractivity contribution in [1.82, 2.24) is 0 Å². The summed E-state index contributed by atoms with van der Waals surface area (Å²) < 4.78 is 0. The first-order valence-electron chi connectivity index (χ1n) is 19.5. The fraction of sp³-hybridized carbons (Fsp3) is 0. The van der Waals surface area contributed by atoms with Gasteiger partial charge in [0.2, 0.25) is 0 Å². The molecule has 0 bridgehead atoms. The van der Waals surface area contributed by atoms with Crippen molar-refractivity contribution in [2.45, 2.75) is 0 Å². The molecule has 60 heavy (non-hydrogen) atoms. The van der Waals surface area contributed by atoms with Crippen LogP contribution in [0.2, 0.25) is 0 Å². The van der Waals surface area contributed by atoms with Crippen LogP contribution in [0.1, 0.15) is 2.85 Å². The van der Waals surface area contributed by atoms with Gasteiger partial charge in [-0.15, -0.1) is 0 Å². The molecule has 9 aromatic carbocycles. The van der Waals surface area contributed by atoms with Gasteiger partial charge in [0, 0.05) is 0 Å². The maximum Gasteiger partial charge on any atom is 2.00 e. The minimum Gasteiger partial charge on any atom is -1.00 e. The first-order valence-corrected chi connectivity index (χ1v) is 23.5. The molecule has 0 aliphatic carbocycles. The molecule has 0 fully saturated rings. The molecule has 0 radical (unpaired) electrons. The third-order valence-corrected chi connectivity index (χ3v) is 16.5. The quantitative estimate of drug-likeness (QED) is 0.104. The number of benzene rings is 9. The fourth-order valence-corrected chi connectivity index (χ4v) is 13.5. The molecule has 1 nitrogen and oxygen atoms in total. The Labute approximate surface area is 376 Å². The van der Waals surface area contributed by atoms with E-state index in [1.165, 1.54) is 47.7 Å².